The first-order chi connectivity index (χ1) is 8.60. The summed E-state index contributed by atoms with van der Waals surface area (Å²) in [6, 6.07) is -0.640. The van der Waals surface area contributed by atoms with Gasteiger partial charge in [-0.25, -0.2) is 13.2 Å². The van der Waals surface area contributed by atoms with E-state index in [2.05, 4.69) is 0 Å². The van der Waals surface area contributed by atoms with Crippen LogP contribution in [0.25, 0.3) is 0 Å². The number of halogens is 3. The maximum Gasteiger partial charge on any atom is 0.418 e. The van der Waals surface area contributed by atoms with E-state index in [4.69, 9.17) is 5.11 Å². The van der Waals surface area contributed by atoms with Crippen LogP contribution in [0.1, 0.15) is 28.4 Å². The zero-order valence-corrected chi connectivity index (χ0v) is 10.3. The Morgan fingerprint density at radius 1 is 1.37 bits per heavy atom. The van der Waals surface area contributed by atoms with Crippen LogP contribution in [-0.4, -0.2) is 35.6 Å². The summed E-state index contributed by atoms with van der Waals surface area (Å²) in [4.78, 5) is 10.8. The van der Waals surface area contributed by atoms with E-state index in [1.165, 1.54) is 0 Å². The molecular formula is C10H10F3NO4S. The van der Waals surface area contributed by atoms with Crippen molar-refractivity contribution in [3.63, 3.8) is 0 Å². The molecule has 0 spiro atoms. The fourth-order valence-corrected chi connectivity index (χ4v) is 3.82. The Balaban J connectivity index is 2.42. The van der Waals surface area contributed by atoms with E-state index < -0.39 is 39.2 Å². The summed E-state index contributed by atoms with van der Waals surface area (Å²) in [6.07, 6.45) is -3.09. The van der Waals surface area contributed by atoms with Crippen LogP contribution >= 0.6 is 0 Å². The van der Waals surface area contributed by atoms with E-state index >= 15 is 0 Å². The van der Waals surface area contributed by atoms with Gasteiger partial charge in [-0.15, -0.1) is 0 Å². The lowest BCUT2D eigenvalue weighted by Gasteiger charge is -2.09. The third kappa shape index (κ3) is 2.75. The first-order valence-corrected chi connectivity index (χ1v) is 7.15. The third-order valence-corrected chi connectivity index (χ3v) is 4.76. The Kier molecular flexibility index (Phi) is 3.12. The molecule has 1 atom stereocenters. The highest BCUT2D eigenvalue weighted by atomic mass is 32.2. The van der Waals surface area contributed by atoms with Gasteiger partial charge >= 0.3 is 12.1 Å². The van der Waals surface area contributed by atoms with Crippen LogP contribution in [0.4, 0.5) is 13.2 Å². The Bertz CT molecular complexity index is 617. The van der Waals surface area contributed by atoms with Crippen LogP contribution in [0.3, 0.4) is 0 Å². The molecule has 0 saturated carbocycles. The average molecular weight is 297 g/mol. The maximum atomic E-state index is 12.7. The van der Waals surface area contributed by atoms with Gasteiger partial charge in [0.05, 0.1) is 22.6 Å². The monoisotopic (exact) mass is 297 g/mol. The Labute approximate surface area is 106 Å². The van der Waals surface area contributed by atoms with Gasteiger partial charge in [0.15, 0.2) is 9.84 Å². The van der Waals surface area contributed by atoms with Gasteiger partial charge in [0.2, 0.25) is 0 Å². The number of hydrogen-bond acceptors (Lipinski definition) is 3. The molecule has 1 unspecified atom stereocenters. The van der Waals surface area contributed by atoms with Crippen molar-refractivity contribution in [3.05, 3.63) is 23.5 Å². The summed E-state index contributed by atoms with van der Waals surface area (Å²) in [6.45, 7) is 0. The Hall–Kier alpha value is -1.51. The lowest BCUT2D eigenvalue weighted by molar-refractivity contribution is -0.138. The minimum atomic E-state index is -4.78. The quantitative estimate of drug-likeness (QED) is 0.899. The van der Waals surface area contributed by atoms with Crippen molar-refractivity contribution in [1.29, 1.82) is 0 Å². The van der Waals surface area contributed by atoms with Gasteiger partial charge < -0.3 is 9.67 Å². The van der Waals surface area contributed by atoms with Crippen LogP contribution in [0.2, 0.25) is 0 Å². The summed E-state index contributed by atoms with van der Waals surface area (Å²) in [5.74, 6) is -2.05. The molecule has 2 heterocycles. The van der Waals surface area contributed by atoms with Gasteiger partial charge in [0.1, 0.15) is 0 Å². The second kappa shape index (κ2) is 4.26. The first-order valence-electron chi connectivity index (χ1n) is 5.32. The normalized spacial score (nSPS) is 22.6. The van der Waals surface area contributed by atoms with Gasteiger partial charge in [0.25, 0.3) is 0 Å². The summed E-state index contributed by atoms with van der Waals surface area (Å²) >= 11 is 0. The van der Waals surface area contributed by atoms with Gasteiger partial charge in [-0.3, -0.25) is 0 Å². The van der Waals surface area contributed by atoms with Gasteiger partial charge in [0, 0.05) is 18.4 Å². The summed E-state index contributed by atoms with van der Waals surface area (Å²) in [5, 5.41) is 8.76. The van der Waals surface area contributed by atoms with Crippen molar-refractivity contribution in [2.45, 2.75) is 18.6 Å². The van der Waals surface area contributed by atoms with Gasteiger partial charge in [-0.2, -0.15) is 13.2 Å². The molecule has 1 N–H and O–H groups in total. The molecule has 1 aliphatic heterocycles. The van der Waals surface area contributed by atoms with Crippen molar-refractivity contribution in [2.75, 3.05) is 11.5 Å². The number of aromatic carboxylic acids is 1. The Morgan fingerprint density at radius 2 is 2.00 bits per heavy atom. The minimum Gasteiger partial charge on any atom is -0.478 e. The first kappa shape index (κ1) is 13.9. The van der Waals surface area contributed by atoms with E-state index in [9.17, 15) is 26.4 Å². The molecule has 1 aromatic heterocycles. The number of carboxylic acids is 1. The fraction of sp³-hybridized carbons (Fsp3) is 0.500. The fourth-order valence-electron chi connectivity index (χ4n) is 2.09. The van der Waals surface area contributed by atoms with E-state index in [1.807, 2.05) is 0 Å². The lowest BCUT2D eigenvalue weighted by Crippen LogP contribution is -2.10. The maximum absolute atomic E-state index is 12.7. The van der Waals surface area contributed by atoms with Crippen molar-refractivity contribution in [3.8, 4) is 0 Å². The second-order valence-corrected chi connectivity index (χ2v) is 6.62. The largest absolute Gasteiger partial charge is 0.478 e. The highest BCUT2D eigenvalue weighted by molar-refractivity contribution is 7.91. The van der Waals surface area contributed by atoms with Gasteiger partial charge in [-0.1, -0.05) is 0 Å². The smallest absolute Gasteiger partial charge is 0.418 e. The predicted molar refractivity (Wildman–Crippen MR) is 58.7 cm³/mol. The SMILES string of the molecule is O=C(O)c1cn(C2CCS(=O)(=O)C2)cc1C(F)(F)F. The minimum absolute atomic E-state index is 0.0976. The molecule has 106 valence electrons. The molecule has 5 nitrogen and oxygen atoms in total. The van der Waals surface area contributed by atoms with E-state index in [0.29, 0.717) is 6.20 Å². The molecule has 1 saturated heterocycles. The van der Waals surface area contributed by atoms with E-state index in [-0.39, 0.29) is 17.9 Å². The number of hydrogen-bond donors (Lipinski definition) is 1. The molecule has 0 aromatic carbocycles. The van der Waals surface area contributed by atoms with Crippen LogP contribution in [-0.2, 0) is 16.0 Å². The number of rotatable bonds is 2. The number of sulfone groups is 1. The second-order valence-electron chi connectivity index (χ2n) is 4.39. The van der Waals surface area contributed by atoms with Crippen LogP contribution < -0.4 is 0 Å². The molecule has 9 heteroatoms. The molecule has 19 heavy (non-hydrogen) atoms. The highest BCUT2D eigenvalue weighted by Gasteiger charge is 2.38. The molecular weight excluding hydrogens is 287 g/mol. The number of carbonyl (C=O) groups is 1. The topological polar surface area (TPSA) is 76.4 Å². The molecule has 1 fully saturated rings. The average Bonchev–Trinajstić information content (AvgIpc) is 2.79. The number of nitrogens with zero attached hydrogens (tertiary/aromatic N) is 1. The zero-order valence-electron chi connectivity index (χ0n) is 9.51. The lowest BCUT2D eigenvalue weighted by atomic mass is 10.2. The zero-order chi connectivity index (χ0) is 14.4. The number of carboxylic acid groups (broad SMARTS) is 1. The van der Waals surface area contributed by atoms with Crippen LogP contribution in [0.5, 0.6) is 0 Å². The van der Waals surface area contributed by atoms with Gasteiger partial charge in [-0.05, 0) is 6.42 Å². The van der Waals surface area contributed by atoms with Crippen molar-refractivity contribution >= 4 is 15.8 Å². The molecule has 1 aliphatic rings. The molecule has 0 radical (unpaired) electrons. The molecule has 0 bridgehead atoms. The molecule has 0 aliphatic carbocycles. The molecule has 0 amide bonds. The number of aromatic nitrogens is 1. The summed E-state index contributed by atoms with van der Waals surface area (Å²) in [7, 11) is -3.25. The third-order valence-electron chi connectivity index (χ3n) is 3.01. The van der Waals surface area contributed by atoms with E-state index in [1.54, 1.807) is 0 Å². The standard InChI is InChI=1S/C10H10F3NO4S/c11-10(12,13)8-4-14(3-7(8)9(15)16)6-1-2-19(17,18)5-6/h3-4,6H,1-2,5H2,(H,15,16). The summed E-state index contributed by atoms with van der Waals surface area (Å²) in [5.41, 5.74) is -2.12. The summed E-state index contributed by atoms with van der Waals surface area (Å²) < 4.78 is 61.6. The Morgan fingerprint density at radius 3 is 2.37 bits per heavy atom. The predicted octanol–water partition coefficient (Wildman–Crippen LogP) is 1.56. The molecule has 2 rings (SSSR count). The molecule has 1 aromatic rings. The van der Waals surface area contributed by atoms with Crippen LogP contribution in [0, 0.1) is 0 Å². The van der Waals surface area contributed by atoms with Crippen LogP contribution in [0.15, 0.2) is 12.4 Å². The van der Waals surface area contributed by atoms with Crippen molar-refractivity contribution in [1.82, 2.24) is 4.57 Å². The number of alkyl halides is 3. The highest BCUT2D eigenvalue weighted by Crippen LogP contribution is 2.35. The van der Waals surface area contributed by atoms with E-state index in [0.717, 1.165) is 10.8 Å². The van der Waals surface area contributed by atoms with Crippen molar-refractivity contribution in [2.24, 2.45) is 0 Å². The van der Waals surface area contributed by atoms with Crippen molar-refractivity contribution < 1.29 is 31.5 Å².